The minimum absolute atomic E-state index is 0.0246. The monoisotopic (exact) mass is 311 g/mol. The van der Waals surface area contributed by atoms with Crippen LogP contribution in [-0.2, 0) is 13.0 Å². The summed E-state index contributed by atoms with van der Waals surface area (Å²) in [5, 5.41) is 7.24. The molecular formula is C18H21N3O2. The third-order valence-corrected chi connectivity index (χ3v) is 4.26. The van der Waals surface area contributed by atoms with Crippen molar-refractivity contribution >= 4 is 5.91 Å². The molecule has 1 amide bonds. The average Bonchev–Trinajstić information content (AvgIpc) is 2.97. The summed E-state index contributed by atoms with van der Waals surface area (Å²) < 4.78 is 1.38. The van der Waals surface area contributed by atoms with E-state index in [-0.39, 0.29) is 17.5 Å². The van der Waals surface area contributed by atoms with E-state index >= 15 is 0 Å². The van der Waals surface area contributed by atoms with Gasteiger partial charge in [0.25, 0.3) is 11.5 Å². The van der Waals surface area contributed by atoms with E-state index in [9.17, 15) is 9.59 Å². The van der Waals surface area contributed by atoms with Crippen molar-refractivity contribution in [2.24, 2.45) is 0 Å². The molecule has 0 fully saturated rings. The van der Waals surface area contributed by atoms with Crippen molar-refractivity contribution in [3.05, 3.63) is 63.6 Å². The summed E-state index contributed by atoms with van der Waals surface area (Å²) >= 11 is 0. The van der Waals surface area contributed by atoms with Crippen LogP contribution in [0.2, 0.25) is 0 Å². The minimum atomic E-state index is -0.225. The van der Waals surface area contributed by atoms with Crippen LogP contribution < -0.4 is 10.9 Å². The summed E-state index contributed by atoms with van der Waals surface area (Å²) in [5.41, 5.74) is 2.60. The molecule has 5 heteroatoms. The van der Waals surface area contributed by atoms with E-state index in [1.54, 1.807) is 0 Å². The highest BCUT2D eigenvalue weighted by Crippen LogP contribution is 2.30. The molecule has 3 rings (SSSR count). The van der Waals surface area contributed by atoms with E-state index in [4.69, 9.17) is 0 Å². The van der Waals surface area contributed by atoms with Gasteiger partial charge in [-0.1, -0.05) is 37.6 Å². The molecule has 1 N–H and O–H groups in total. The maximum absolute atomic E-state index is 12.5. The van der Waals surface area contributed by atoms with Crippen LogP contribution in [0.1, 0.15) is 53.8 Å². The van der Waals surface area contributed by atoms with Gasteiger partial charge < -0.3 is 5.32 Å². The van der Waals surface area contributed by atoms with Gasteiger partial charge in [0.2, 0.25) is 0 Å². The normalized spacial score (nSPS) is 16.1. The number of aromatic nitrogens is 2. The number of unbranched alkanes of at least 4 members (excludes halogenated alkanes) is 1. The van der Waals surface area contributed by atoms with Crippen molar-refractivity contribution in [3.8, 4) is 0 Å². The van der Waals surface area contributed by atoms with E-state index in [1.165, 1.54) is 27.9 Å². The third kappa shape index (κ3) is 3.33. The van der Waals surface area contributed by atoms with Gasteiger partial charge >= 0.3 is 0 Å². The Morgan fingerprint density at radius 1 is 1.30 bits per heavy atom. The van der Waals surface area contributed by atoms with Crippen molar-refractivity contribution in [1.29, 1.82) is 0 Å². The predicted molar refractivity (Wildman–Crippen MR) is 88.4 cm³/mol. The van der Waals surface area contributed by atoms with Crippen molar-refractivity contribution < 1.29 is 4.79 Å². The molecule has 2 aromatic rings. The Morgan fingerprint density at radius 2 is 2.13 bits per heavy atom. The fourth-order valence-electron chi connectivity index (χ4n) is 2.98. The Labute approximate surface area is 135 Å². The lowest BCUT2D eigenvalue weighted by Crippen LogP contribution is -2.31. The molecule has 1 heterocycles. The molecule has 0 aliphatic heterocycles. The molecule has 1 atom stereocenters. The highest BCUT2D eigenvalue weighted by molar-refractivity contribution is 5.92. The number of carbonyl (C=O) groups is 1. The zero-order valence-corrected chi connectivity index (χ0v) is 13.3. The van der Waals surface area contributed by atoms with E-state index in [1.807, 2.05) is 12.1 Å². The largest absolute Gasteiger partial charge is 0.344 e. The van der Waals surface area contributed by atoms with Crippen LogP contribution in [0.4, 0.5) is 0 Å². The Kier molecular flexibility index (Phi) is 4.55. The van der Waals surface area contributed by atoms with Crippen molar-refractivity contribution in [2.75, 3.05) is 0 Å². The quantitative estimate of drug-likeness (QED) is 0.922. The van der Waals surface area contributed by atoms with Gasteiger partial charge in [-0.2, -0.15) is 5.10 Å². The first kappa shape index (κ1) is 15.5. The zero-order chi connectivity index (χ0) is 16.2. The van der Waals surface area contributed by atoms with Gasteiger partial charge in [0.15, 0.2) is 0 Å². The SMILES string of the molecule is CCCCn1nc(C(=O)N[C@@H]2CCc3ccccc32)ccc1=O. The molecular weight excluding hydrogens is 290 g/mol. The van der Waals surface area contributed by atoms with Crippen LogP contribution in [-0.4, -0.2) is 15.7 Å². The number of carbonyl (C=O) groups excluding carboxylic acids is 1. The van der Waals surface area contributed by atoms with Crippen LogP contribution in [0.5, 0.6) is 0 Å². The lowest BCUT2D eigenvalue weighted by Gasteiger charge is -2.14. The first-order valence-electron chi connectivity index (χ1n) is 8.16. The maximum Gasteiger partial charge on any atom is 0.272 e. The van der Waals surface area contributed by atoms with Crippen molar-refractivity contribution in [2.45, 2.75) is 45.2 Å². The van der Waals surface area contributed by atoms with Gasteiger partial charge in [0.05, 0.1) is 6.04 Å². The predicted octanol–water partition coefficient (Wildman–Crippen LogP) is 2.46. The summed E-state index contributed by atoms with van der Waals surface area (Å²) in [4.78, 5) is 24.2. The molecule has 0 radical (unpaired) electrons. The number of nitrogens with one attached hydrogen (secondary N) is 1. The smallest absolute Gasteiger partial charge is 0.272 e. The number of aryl methyl sites for hydroxylation is 2. The van der Waals surface area contributed by atoms with Gasteiger partial charge in [-0.25, -0.2) is 4.68 Å². The summed E-state index contributed by atoms with van der Waals surface area (Å²) in [5.74, 6) is -0.225. The summed E-state index contributed by atoms with van der Waals surface area (Å²) in [7, 11) is 0. The molecule has 0 spiro atoms. The van der Waals surface area contributed by atoms with Gasteiger partial charge in [0.1, 0.15) is 5.69 Å². The second-order valence-electron chi connectivity index (χ2n) is 5.90. The van der Waals surface area contributed by atoms with Crippen molar-refractivity contribution in [1.82, 2.24) is 15.1 Å². The van der Waals surface area contributed by atoms with Crippen LogP contribution in [0.25, 0.3) is 0 Å². The fraction of sp³-hybridized carbons (Fsp3) is 0.389. The van der Waals surface area contributed by atoms with Gasteiger partial charge in [0, 0.05) is 12.6 Å². The number of benzene rings is 1. The molecule has 0 bridgehead atoms. The number of hydrogen-bond donors (Lipinski definition) is 1. The molecule has 1 aliphatic carbocycles. The number of rotatable bonds is 5. The summed E-state index contributed by atoms with van der Waals surface area (Å²) in [6, 6.07) is 11.1. The Hall–Kier alpha value is -2.43. The van der Waals surface area contributed by atoms with E-state index in [0.29, 0.717) is 12.2 Å². The summed E-state index contributed by atoms with van der Waals surface area (Å²) in [6.45, 7) is 2.60. The Bertz CT molecular complexity index is 767. The molecule has 1 aromatic heterocycles. The Morgan fingerprint density at radius 3 is 2.96 bits per heavy atom. The number of nitrogens with zero attached hydrogens (tertiary/aromatic N) is 2. The molecule has 120 valence electrons. The molecule has 1 aromatic carbocycles. The van der Waals surface area contributed by atoms with Crippen LogP contribution in [0.3, 0.4) is 0 Å². The minimum Gasteiger partial charge on any atom is -0.344 e. The van der Waals surface area contributed by atoms with Crippen LogP contribution in [0, 0.1) is 0 Å². The maximum atomic E-state index is 12.5. The van der Waals surface area contributed by atoms with Gasteiger partial charge in [-0.05, 0) is 36.5 Å². The van der Waals surface area contributed by atoms with E-state index in [0.717, 1.165) is 25.7 Å². The first-order chi connectivity index (χ1) is 11.2. The molecule has 0 unspecified atom stereocenters. The van der Waals surface area contributed by atoms with E-state index in [2.05, 4.69) is 29.5 Å². The topological polar surface area (TPSA) is 64.0 Å². The summed E-state index contributed by atoms with van der Waals surface area (Å²) in [6.07, 6.45) is 3.72. The van der Waals surface area contributed by atoms with E-state index < -0.39 is 0 Å². The van der Waals surface area contributed by atoms with Gasteiger partial charge in [-0.15, -0.1) is 0 Å². The van der Waals surface area contributed by atoms with Crippen molar-refractivity contribution in [3.63, 3.8) is 0 Å². The van der Waals surface area contributed by atoms with Crippen LogP contribution >= 0.6 is 0 Å². The highest BCUT2D eigenvalue weighted by Gasteiger charge is 2.24. The molecule has 23 heavy (non-hydrogen) atoms. The average molecular weight is 311 g/mol. The molecule has 5 nitrogen and oxygen atoms in total. The lowest BCUT2D eigenvalue weighted by molar-refractivity contribution is 0.0929. The van der Waals surface area contributed by atoms with Crippen LogP contribution in [0.15, 0.2) is 41.2 Å². The standard InChI is InChI=1S/C18H21N3O2/c1-2-3-12-21-17(22)11-10-16(20-21)18(23)19-15-9-8-13-6-4-5-7-14(13)15/h4-7,10-11,15H,2-3,8-9,12H2,1H3,(H,19,23)/t15-/m1/s1. The zero-order valence-electron chi connectivity index (χ0n) is 13.3. The third-order valence-electron chi connectivity index (χ3n) is 4.26. The van der Waals surface area contributed by atoms with Gasteiger partial charge in [-0.3, -0.25) is 9.59 Å². The molecule has 1 aliphatic rings. The number of amides is 1. The molecule has 0 saturated carbocycles. The second-order valence-corrected chi connectivity index (χ2v) is 5.90. The Balaban J connectivity index is 1.75. The molecule has 0 saturated heterocycles. The number of fused-ring (bicyclic) bond motifs is 1. The second kappa shape index (κ2) is 6.77. The highest BCUT2D eigenvalue weighted by atomic mass is 16.2. The fourth-order valence-corrected chi connectivity index (χ4v) is 2.98. The first-order valence-corrected chi connectivity index (χ1v) is 8.16. The number of hydrogen-bond acceptors (Lipinski definition) is 3. The lowest BCUT2D eigenvalue weighted by atomic mass is 10.1.